The first kappa shape index (κ1) is 14.7. The Balaban J connectivity index is 1.91. The molecule has 0 heterocycles. The first-order chi connectivity index (χ1) is 10.2. The third kappa shape index (κ3) is 4.38. The molecule has 2 aromatic rings. The predicted molar refractivity (Wildman–Crippen MR) is 82.0 cm³/mol. The Morgan fingerprint density at radius 3 is 2.71 bits per heavy atom. The minimum absolute atomic E-state index is 0.0801. The van der Waals surface area contributed by atoms with Gasteiger partial charge in [0.2, 0.25) is 5.91 Å². The van der Waals surface area contributed by atoms with Gasteiger partial charge in [-0.1, -0.05) is 36.4 Å². The van der Waals surface area contributed by atoms with Crippen LogP contribution in [0.25, 0.3) is 6.08 Å². The molecule has 0 aliphatic carbocycles. The molecular formula is C17H17NO3. The third-order valence-electron chi connectivity index (χ3n) is 2.94. The van der Waals surface area contributed by atoms with E-state index in [9.17, 15) is 9.90 Å². The predicted octanol–water partition coefficient (Wildman–Crippen LogP) is 2.73. The Morgan fingerprint density at radius 1 is 1.24 bits per heavy atom. The fourth-order valence-electron chi connectivity index (χ4n) is 1.82. The van der Waals surface area contributed by atoms with Gasteiger partial charge in [-0.25, -0.2) is 0 Å². The number of benzene rings is 2. The average Bonchev–Trinajstić information content (AvgIpc) is 2.53. The molecule has 0 fully saturated rings. The zero-order valence-corrected chi connectivity index (χ0v) is 11.7. The van der Waals surface area contributed by atoms with Gasteiger partial charge in [0.25, 0.3) is 0 Å². The van der Waals surface area contributed by atoms with Crippen LogP contribution in [0.2, 0.25) is 0 Å². The highest BCUT2D eigenvalue weighted by Crippen LogP contribution is 2.26. The van der Waals surface area contributed by atoms with Crippen LogP contribution in [0.3, 0.4) is 0 Å². The van der Waals surface area contributed by atoms with E-state index in [2.05, 4.69) is 5.32 Å². The van der Waals surface area contributed by atoms with Gasteiger partial charge in [0.05, 0.1) is 7.11 Å². The Bertz CT molecular complexity index is 636. The topological polar surface area (TPSA) is 58.6 Å². The van der Waals surface area contributed by atoms with Crippen molar-refractivity contribution in [3.63, 3.8) is 0 Å². The van der Waals surface area contributed by atoms with Crippen molar-refractivity contribution in [3.8, 4) is 11.5 Å². The van der Waals surface area contributed by atoms with Gasteiger partial charge < -0.3 is 15.2 Å². The summed E-state index contributed by atoms with van der Waals surface area (Å²) in [6, 6.07) is 14.6. The highest BCUT2D eigenvalue weighted by atomic mass is 16.5. The molecule has 2 N–H and O–H groups in total. The van der Waals surface area contributed by atoms with Crippen molar-refractivity contribution in [3.05, 3.63) is 65.7 Å². The number of ether oxygens (including phenoxy) is 1. The lowest BCUT2D eigenvalue weighted by Crippen LogP contribution is -2.20. The molecule has 0 spiro atoms. The number of phenolic OH excluding ortho intramolecular Hbond substituents is 1. The standard InChI is InChI=1S/C17H17NO3/c1-21-16-11-14(7-9-15(16)19)12-18-17(20)10-8-13-5-3-2-4-6-13/h2-11,19H,12H2,1H3,(H,18,20)/b10-8+. The fraction of sp³-hybridized carbons (Fsp3) is 0.118. The van der Waals surface area contributed by atoms with Crippen LogP contribution in [-0.2, 0) is 11.3 Å². The lowest BCUT2D eigenvalue weighted by molar-refractivity contribution is -0.116. The molecule has 1 amide bonds. The van der Waals surface area contributed by atoms with E-state index in [1.54, 1.807) is 24.3 Å². The maximum atomic E-state index is 11.7. The number of rotatable bonds is 5. The van der Waals surface area contributed by atoms with Crippen LogP contribution in [-0.4, -0.2) is 18.1 Å². The molecule has 0 saturated carbocycles. The minimum Gasteiger partial charge on any atom is -0.504 e. The number of phenols is 1. The van der Waals surface area contributed by atoms with Crippen LogP contribution >= 0.6 is 0 Å². The van der Waals surface area contributed by atoms with Crippen LogP contribution < -0.4 is 10.1 Å². The van der Waals surface area contributed by atoms with E-state index in [1.165, 1.54) is 13.2 Å². The van der Waals surface area contributed by atoms with Gasteiger partial charge in [-0.2, -0.15) is 0 Å². The summed E-state index contributed by atoms with van der Waals surface area (Å²) in [4.78, 5) is 11.7. The highest BCUT2D eigenvalue weighted by Gasteiger charge is 2.03. The molecule has 0 atom stereocenters. The van der Waals surface area contributed by atoms with E-state index in [1.807, 2.05) is 30.3 Å². The maximum absolute atomic E-state index is 11.7. The summed E-state index contributed by atoms with van der Waals surface area (Å²) in [7, 11) is 1.49. The summed E-state index contributed by atoms with van der Waals surface area (Å²) in [6.07, 6.45) is 3.25. The molecule has 0 aromatic heterocycles. The summed E-state index contributed by atoms with van der Waals surface area (Å²) < 4.78 is 5.02. The summed E-state index contributed by atoms with van der Waals surface area (Å²) in [5.41, 5.74) is 1.82. The molecule has 0 bridgehead atoms. The molecule has 4 heteroatoms. The molecule has 108 valence electrons. The molecule has 4 nitrogen and oxygen atoms in total. The van der Waals surface area contributed by atoms with Gasteiger partial charge in [-0.3, -0.25) is 4.79 Å². The Kier molecular flexibility index (Phi) is 4.99. The van der Waals surface area contributed by atoms with Crippen LogP contribution in [0.4, 0.5) is 0 Å². The van der Waals surface area contributed by atoms with Crippen molar-refractivity contribution in [1.82, 2.24) is 5.32 Å². The van der Waals surface area contributed by atoms with Crippen LogP contribution in [0.5, 0.6) is 11.5 Å². The number of amides is 1. The van der Waals surface area contributed by atoms with Crippen molar-refractivity contribution in [2.45, 2.75) is 6.54 Å². The lowest BCUT2D eigenvalue weighted by Gasteiger charge is -2.07. The second-order valence-electron chi connectivity index (χ2n) is 4.47. The second-order valence-corrected chi connectivity index (χ2v) is 4.47. The summed E-state index contributed by atoms with van der Waals surface area (Å²) in [5, 5.41) is 12.3. The SMILES string of the molecule is COc1cc(CNC(=O)/C=C/c2ccccc2)ccc1O. The number of hydrogen-bond acceptors (Lipinski definition) is 3. The Morgan fingerprint density at radius 2 is 2.00 bits per heavy atom. The lowest BCUT2D eigenvalue weighted by atomic mass is 10.2. The molecule has 0 aliphatic heterocycles. The molecule has 21 heavy (non-hydrogen) atoms. The molecule has 0 unspecified atom stereocenters. The van der Waals surface area contributed by atoms with E-state index < -0.39 is 0 Å². The largest absolute Gasteiger partial charge is 0.504 e. The van der Waals surface area contributed by atoms with E-state index in [4.69, 9.17) is 4.74 Å². The van der Waals surface area contributed by atoms with Gasteiger partial charge in [0, 0.05) is 12.6 Å². The molecule has 2 aromatic carbocycles. The van der Waals surface area contributed by atoms with Crippen LogP contribution in [0, 0.1) is 0 Å². The van der Waals surface area contributed by atoms with Gasteiger partial charge >= 0.3 is 0 Å². The highest BCUT2D eigenvalue weighted by molar-refractivity contribution is 5.91. The normalized spacial score (nSPS) is 10.5. The first-order valence-corrected chi connectivity index (χ1v) is 6.56. The number of methoxy groups -OCH3 is 1. The summed E-state index contributed by atoms with van der Waals surface area (Å²) in [5.74, 6) is 0.295. The molecular weight excluding hydrogens is 266 g/mol. The van der Waals surface area contributed by atoms with E-state index >= 15 is 0 Å². The van der Waals surface area contributed by atoms with E-state index in [0.29, 0.717) is 12.3 Å². The number of carbonyl (C=O) groups excluding carboxylic acids is 1. The van der Waals surface area contributed by atoms with Gasteiger partial charge in [0.15, 0.2) is 11.5 Å². The minimum atomic E-state index is -0.175. The average molecular weight is 283 g/mol. The summed E-state index contributed by atoms with van der Waals surface area (Å²) in [6.45, 7) is 0.370. The molecule has 0 aliphatic rings. The van der Waals surface area contributed by atoms with Crippen molar-refractivity contribution in [2.24, 2.45) is 0 Å². The maximum Gasteiger partial charge on any atom is 0.244 e. The van der Waals surface area contributed by atoms with Gasteiger partial charge in [-0.15, -0.1) is 0 Å². The van der Waals surface area contributed by atoms with Crippen LogP contribution in [0.1, 0.15) is 11.1 Å². The Labute approximate surface area is 123 Å². The zero-order chi connectivity index (χ0) is 15.1. The summed E-state index contributed by atoms with van der Waals surface area (Å²) >= 11 is 0. The monoisotopic (exact) mass is 283 g/mol. The smallest absolute Gasteiger partial charge is 0.244 e. The van der Waals surface area contributed by atoms with Gasteiger partial charge in [0.1, 0.15) is 0 Å². The van der Waals surface area contributed by atoms with Gasteiger partial charge in [-0.05, 0) is 29.3 Å². The fourth-order valence-corrected chi connectivity index (χ4v) is 1.82. The zero-order valence-electron chi connectivity index (χ0n) is 11.7. The first-order valence-electron chi connectivity index (χ1n) is 6.56. The number of nitrogens with one attached hydrogen (secondary N) is 1. The Hall–Kier alpha value is -2.75. The van der Waals surface area contributed by atoms with Crippen molar-refractivity contribution < 1.29 is 14.6 Å². The quantitative estimate of drug-likeness (QED) is 0.829. The number of hydrogen-bond donors (Lipinski definition) is 2. The van der Waals surface area contributed by atoms with E-state index in [-0.39, 0.29) is 11.7 Å². The van der Waals surface area contributed by atoms with E-state index in [0.717, 1.165) is 11.1 Å². The molecule has 2 rings (SSSR count). The number of carbonyl (C=O) groups is 1. The van der Waals surface area contributed by atoms with Crippen LogP contribution in [0.15, 0.2) is 54.6 Å². The number of aromatic hydroxyl groups is 1. The molecule has 0 radical (unpaired) electrons. The van der Waals surface area contributed by atoms with Crippen molar-refractivity contribution >= 4 is 12.0 Å². The second kappa shape index (κ2) is 7.14. The van der Waals surface area contributed by atoms with Crippen molar-refractivity contribution in [1.29, 1.82) is 0 Å². The molecule has 0 saturated heterocycles. The third-order valence-corrected chi connectivity index (χ3v) is 2.94. The van der Waals surface area contributed by atoms with Crippen molar-refractivity contribution in [2.75, 3.05) is 7.11 Å².